The summed E-state index contributed by atoms with van der Waals surface area (Å²) in [7, 11) is -4.67. The fraction of sp³-hybridized carbons (Fsp3) is 0. The molecule has 8 heavy (non-hydrogen) atoms. The molecule has 0 unspecified atom stereocenters. The molecule has 0 saturated carbocycles. The van der Waals surface area contributed by atoms with Crippen LogP contribution >= 0.6 is 0 Å². The first-order valence-corrected chi connectivity index (χ1v) is 2.10. The van der Waals surface area contributed by atoms with E-state index in [0.717, 1.165) is 0 Å². The van der Waals surface area contributed by atoms with Crippen LogP contribution < -0.4 is 0 Å². The molecule has 0 fully saturated rings. The Morgan fingerprint density at radius 1 is 1.12 bits per heavy atom. The SMILES string of the molecule is O=S(=O)(O)O.[Ti].[V].[W]. The van der Waals surface area contributed by atoms with Gasteiger partial charge in [0.05, 0.1) is 0 Å². The zero-order valence-corrected chi connectivity index (χ0v) is 10.2. The van der Waals surface area contributed by atoms with E-state index in [-0.39, 0.29) is 61.3 Å². The van der Waals surface area contributed by atoms with Crippen molar-refractivity contribution < 1.29 is 78.9 Å². The third-order valence-corrected chi connectivity index (χ3v) is 0. The van der Waals surface area contributed by atoms with Gasteiger partial charge in [-0.25, -0.2) is 0 Å². The van der Waals surface area contributed by atoms with Crippen molar-refractivity contribution in [3.63, 3.8) is 0 Å². The van der Waals surface area contributed by atoms with Gasteiger partial charge in [-0.3, -0.25) is 9.11 Å². The number of rotatable bonds is 0. The first kappa shape index (κ1) is 22.5. The summed E-state index contributed by atoms with van der Waals surface area (Å²) in [6, 6.07) is 0. The van der Waals surface area contributed by atoms with Gasteiger partial charge < -0.3 is 0 Å². The van der Waals surface area contributed by atoms with Crippen molar-refractivity contribution in [2.75, 3.05) is 0 Å². The van der Waals surface area contributed by atoms with Crippen LogP contribution in [0.4, 0.5) is 0 Å². The number of hydrogen-bond donors (Lipinski definition) is 2. The van der Waals surface area contributed by atoms with Crippen LogP contribution in [0.5, 0.6) is 0 Å². The maximum absolute atomic E-state index is 8.74. The molecule has 47 valence electrons. The van der Waals surface area contributed by atoms with Gasteiger partial charge >= 0.3 is 10.4 Å². The Morgan fingerprint density at radius 3 is 1.12 bits per heavy atom. The molecule has 0 aliphatic carbocycles. The summed E-state index contributed by atoms with van der Waals surface area (Å²) in [5.41, 5.74) is 0. The summed E-state index contributed by atoms with van der Waals surface area (Å²) in [6.45, 7) is 0. The van der Waals surface area contributed by atoms with Crippen LogP contribution in [-0.4, -0.2) is 17.5 Å². The van der Waals surface area contributed by atoms with Gasteiger partial charge in [0.25, 0.3) is 0 Å². The van der Waals surface area contributed by atoms with E-state index in [4.69, 9.17) is 17.5 Å². The molecule has 8 heteroatoms. The topological polar surface area (TPSA) is 74.6 Å². The predicted octanol–water partition coefficient (Wildman–Crippen LogP) is -0.660. The van der Waals surface area contributed by atoms with Crippen molar-refractivity contribution in [1.29, 1.82) is 0 Å². The van der Waals surface area contributed by atoms with Gasteiger partial charge in [0, 0.05) is 61.3 Å². The smallest absolute Gasteiger partial charge is 0.264 e. The van der Waals surface area contributed by atoms with Crippen molar-refractivity contribution in [3.8, 4) is 0 Å². The molecule has 0 bridgehead atoms. The van der Waals surface area contributed by atoms with Gasteiger partial charge in [-0.1, -0.05) is 0 Å². The summed E-state index contributed by atoms with van der Waals surface area (Å²) >= 11 is 0. The van der Waals surface area contributed by atoms with Crippen LogP contribution in [0.25, 0.3) is 0 Å². The van der Waals surface area contributed by atoms with Crippen molar-refractivity contribution in [2.24, 2.45) is 0 Å². The molecule has 4 nitrogen and oxygen atoms in total. The Balaban J connectivity index is -0.0000000267. The second kappa shape index (κ2) is 8.86. The van der Waals surface area contributed by atoms with Crippen LogP contribution in [0.2, 0.25) is 0 Å². The van der Waals surface area contributed by atoms with E-state index in [1.807, 2.05) is 0 Å². The zero-order valence-electron chi connectivity index (χ0n) is 3.47. The monoisotopic (exact) mass is 381 g/mol. The summed E-state index contributed by atoms with van der Waals surface area (Å²) in [6.07, 6.45) is 0. The predicted molar refractivity (Wildman–Crippen MR) is 14.2 cm³/mol. The average Bonchev–Trinajstić information content (AvgIpc) is 0.722. The first-order valence-electron chi connectivity index (χ1n) is 0.698. The molecule has 0 aliphatic heterocycles. The quantitative estimate of drug-likeness (QED) is 0.432. The van der Waals surface area contributed by atoms with Gasteiger partial charge in [0.1, 0.15) is 0 Å². The van der Waals surface area contributed by atoms with E-state index in [2.05, 4.69) is 0 Å². The summed E-state index contributed by atoms with van der Waals surface area (Å²) in [4.78, 5) is 0. The largest absolute Gasteiger partial charge is 0.394 e. The Morgan fingerprint density at radius 2 is 1.12 bits per heavy atom. The molecule has 0 aromatic rings. The van der Waals surface area contributed by atoms with Crippen molar-refractivity contribution in [3.05, 3.63) is 0 Å². The molecule has 0 aromatic carbocycles. The Bertz CT molecular complexity index is 99.2. The van der Waals surface area contributed by atoms with Crippen LogP contribution in [0.1, 0.15) is 0 Å². The molecule has 0 saturated heterocycles. The van der Waals surface area contributed by atoms with Gasteiger partial charge in [-0.15, -0.1) is 0 Å². The van der Waals surface area contributed by atoms with E-state index in [1.165, 1.54) is 0 Å². The van der Waals surface area contributed by atoms with E-state index in [0.29, 0.717) is 0 Å². The molecule has 0 aliphatic rings. The minimum absolute atomic E-state index is 0. The maximum atomic E-state index is 8.74. The molecular weight excluding hydrogens is 379 g/mol. The first-order chi connectivity index (χ1) is 2.00. The minimum atomic E-state index is -4.67. The zero-order chi connectivity index (χ0) is 4.50. The Labute approximate surface area is 88.4 Å². The average molecular weight is 381 g/mol. The fourth-order valence-corrected chi connectivity index (χ4v) is 0. The fourth-order valence-electron chi connectivity index (χ4n) is 0. The van der Waals surface area contributed by atoms with E-state index < -0.39 is 10.4 Å². The molecule has 0 amide bonds. The second-order valence-corrected chi connectivity index (χ2v) is 1.34. The molecule has 0 rings (SSSR count). The minimum Gasteiger partial charge on any atom is -0.264 e. The molecule has 2 N–H and O–H groups in total. The van der Waals surface area contributed by atoms with Gasteiger partial charge in [0.15, 0.2) is 0 Å². The van der Waals surface area contributed by atoms with Gasteiger partial charge in [-0.05, 0) is 0 Å². The van der Waals surface area contributed by atoms with E-state index in [1.54, 1.807) is 0 Å². The Hall–Kier alpha value is 1.86. The summed E-state index contributed by atoms with van der Waals surface area (Å²) in [5.74, 6) is 0. The molecule has 0 atom stereocenters. The molecule has 1 radical (unpaired) electrons. The maximum Gasteiger partial charge on any atom is 0.394 e. The van der Waals surface area contributed by atoms with Gasteiger partial charge in [-0.2, -0.15) is 8.42 Å². The van der Waals surface area contributed by atoms with Gasteiger partial charge in [0.2, 0.25) is 0 Å². The number of hydrogen-bond acceptors (Lipinski definition) is 2. The van der Waals surface area contributed by atoms with Crippen molar-refractivity contribution >= 4 is 10.4 Å². The molecule has 0 heterocycles. The third kappa shape index (κ3) is 107. The molecule has 0 aromatic heterocycles. The van der Waals surface area contributed by atoms with Crippen LogP contribution in [-0.2, 0) is 71.7 Å². The van der Waals surface area contributed by atoms with Crippen LogP contribution in [0.3, 0.4) is 0 Å². The summed E-state index contributed by atoms with van der Waals surface area (Å²) < 4.78 is 31.6. The van der Waals surface area contributed by atoms with E-state index in [9.17, 15) is 0 Å². The third-order valence-electron chi connectivity index (χ3n) is 0. The summed E-state index contributed by atoms with van der Waals surface area (Å²) in [5, 5.41) is 0. The van der Waals surface area contributed by atoms with Crippen LogP contribution in [0.15, 0.2) is 0 Å². The van der Waals surface area contributed by atoms with Crippen LogP contribution in [0, 0.1) is 0 Å². The Kier molecular flexibility index (Phi) is 25.0. The van der Waals surface area contributed by atoms with Crippen molar-refractivity contribution in [2.45, 2.75) is 0 Å². The standard InChI is InChI=1S/H2O4S.Ti.V.W/c1-5(2,3)4;;;/h(H2,1,2,3,4);;;. The molecular formula is H2O4STiVW. The second-order valence-electron chi connectivity index (χ2n) is 0.448. The van der Waals surface area contributed by atoms with E-state index >= 15 is 0 Å². The normalized spacial score (nSPS) is 7.25. The molecule has 0 spiro atoms. The van der Waals surface area contributed by atoms with Crippen molar-refractivity contribution in [1.82, 2.24) is 0 Å².